The Morgan fingerprint density at radius 3 is 2.00 bits per heavy atom. The molecule has 0 aliphatic carbocycles. The molecule has 3 heteroatoms. The van der Waals surface area contributed by atoms with Crippen molar-refractivity contribution in [3.63, 3.8) is 0 Å². The zero-order chi connectivity index (χ0) is 11.9. The number of rotatable bonds is 1. The van der Waals surface area contributed by atoms with E-state index in [0.717, 1.165) is 13.0 Å². The SMILES string of the molecule is CC(C)(C)OC(=O)C1CCN1C(C)(C)C. The van der Waals surface area contributed by atoms with Crippen molar-refractivity contribution in [2.75, 3.05) is 6.54 Å². The molecular formula is C12H23NO2. The van der Waals surface area contributed by atoms with E-state index in [9.17, 15) is 4.79 Å². The number of carbonyl (C=O) groups excluding carboxylic acids is 1. The molecule has 1 atom stereocenters. The quantitative estimate of drug-likeness (QED) is 0.625. The Morgan fingerprint density at radius 2 is 1.73 bits per heavy atom. The normalized spacial score (nSPS) is 23.5. The second kappa shape index (κ2) is 3.78. The van der Waals surface area contributed by atoms with Gasteiger partial charge in [0.1, 0.15) is 11.6 Å². The van der Waals surface area contributed by atoms with Crippen molar-refractivity contribution in [2.24, 2.45) is 0 Å². The molecule has 1 heterocycles. The highest BCUT2D eigenvalue weighted by atomic mass is 16.6. The fourth-order valence-electron chi connectivity index (χ4n) is 1.81. The lowest BCUT2D eigenvalue weighted by Crippen LogP contribution is -2.61. The first-order valence-electron chi connectivity index (χ1n) is 5.61. The van der Waals surface area contributed by atoms with Crippen LogP contribution in [-0.2, 0) is 9.53 Å². The molecule has 0 radical (unpaired) electrons. The van der Waals surface area contributed by atoms with Crippen LogP contribution in [0.25, 0.3) is 0 Å². The number of nitrogens with zero attached hydrogens (tertiary/aromatic N) is 1. The van der Waals surface area contributed by atoms with Crippen molar-refractivity contribution in [3.8, 4) is 0 Å². The van der Waals surface area contributed by atoms with Crippen LogP contribution in [0.3, 0.4) is 0 Å². The average molecular weight is 213 g/mol. The minimum absolute atomic E-state index is 0.0378. The molecule has 0 aromatic rings. The molecule has 15 heavy (non-hydrogen) atoms. The molecule has 0 aromatic carbocycles. The van der Waals surface area contributed by atoms with Crippen LogP contribution in [0.2, 0.25) is 0 Å². The first kappa shape index (κ1) is 12.5. The van der Waals surface area contributed by atoms with Gasteiger partial charge in [0.05, 0.1) is 0 Å². The van der Waals surface area contributed by atoms with E-state index in [0.29, 0.717) is 0 Å². The number of esters is 1. The summed E-state index contributed by atoms with van der Waals surface area (Å²) in [5, 5.41) is 0. The molecule has 3 nitrogen and oxygen atoms in total. The topological polar surface area (TPSA) is 29.5 Å². The van der Waals surface area contributed by atoms with E-state index in [1.165, 1.54) is 0 Å². The number of hydrogen-bond acceptors (Lipinski definition) is 3. The lowest BCUT2D eigenvalue weighted by atomic mass is 9.93. The van der Waals surface area contributed by atoms with E-state index in [-0.39, 0.29) is 23.2 Å². The molecular weight excluding hydrogens is 190 g/mol. The summed E-state index contributed by atoms with van der Waals surface area (Å²) in [6.07, 6.45) is 0.923. The fraction of sp³-hybridized carbons (Fsp3) is 0.917. The first-order valence-corrected chi connectivity index (χ1v) is 5.61. The van der Waals surface area contributed by atoms with E-state index in [1.807, 2.05) is 20.8 Å². The molecule has 1 aliphatic rings. The van der Waals surface area contributed by atoms with E-state index < -0.39 is 0 Å². The third-order valence-corrected chi connectivity index (χ3v) is 2.56. The Morgan fingerprint density at radius 1 is 1.20 bits per heavy atom. The van der Waals surface area contributed by atoms with Gasteiger partial charge in [0, 0.05) is 12.1 Å². The van der Waals surface area contributed by atoms with Crippen LogP contribution in [0.4, 0.5) is 0 Å². The standard InChI is InChI=1S/C12H23NO2/c1-11(2,3)13-8-7-9(13)10(14)15-12(4,5)6/h9H,7-8H2,1-6H3. The van der Waals surface area contributed by atoms with Crippen LogP contribution in [0, 0.1) is 0 Å². The van der Waals surface area contributed by atoms with Gasteiger partial charge in [-0.15, -0.1) is 0 Å². The largest absolute Gasteiger partial charge is 0.459 e. The smallest absolute Gasteiger partial charge is 0.323 e. The molecule has 88 valence electrons. The molecule has 0 amide bonds. The number of carbonyl (C=O) groups is 1. The van der Waals surface area contributed by atoms with Gasteiger partial charge < -0.3 is 4.74 Å². The van der Waals surface area contributed by atoms with E-state index in [1.54, 1.807) is 0 Å². The average Bonchev–Trinajstić information content (AvgIpc) is 1.72. The van der Waals surface area contributed by atoms with Crippen LogP contribution < -0.4 is 0 Å². The lowest BCUT2D eigenvalue weighted by Gasteiger charge is -2.48. The molecule has 0 N–H and O–H groups in total. The summed E-state index contributed by atoms with van der Waals surface area (Å²) in [5.41, 5.74) is -0.323. The van der Waals surface area contributed by atoms with Gasteiger partial charge in [0.15, 0.2) is 0 Å². The summed E-state index contributed by atoms with van der Waals surface area (Å²) in [7, 11) is 0. The summed E-state index contributed by atoms with van der Waals surface area (Å²) >= 11 is 0. The van der Waals surface area contributed by atoms with Crippen molar-refractivity contribution in [1.29, 1.82) is 0 Å². The lowest BCUT2D eigenvalue weighted by molar-refractivity contribution is -0.170. The highest BCUT2D eigenvalue weighted by molar-refractivity contribution is 5.77. The van der Waals surface area contributed by atoms with E-state index in [4.69, 9.17) is 4.74 Å². The van der Waals surface area contributed by atoms with Gasteiger partial charge in [0.25, 0.3) is 0 Å². The predicted octanol–water partition coefficient (Wildman–Crippen LogP) is 2.20. The highest BCUT2D eigenvalue weighted by Crippen LogP contribution is 2.29. The van der Waals surface area contributed by atoms with Crippen LogP contribution in [0.1, 0.15) is 48.0 Å². The first-order chi connectivity index (χ1) is 6.61. The van der Waals surface area contributed by atoms with Gasteiger partial charge in [-0.05, 0) is 48.0 Å². The minimum Gasteiger partial charge on any atom is -0.459 e. The summed E-state index contributed by atoms with van der Waals surface area (Å²) < 4.78 is 5.39. The van der Waals surface area contributed by atoms with E-state index in [2.05, 4.69) is 25.7 Å². The highest BCUT2D eigenvalue weighted by Gasteiger charge is 2.42. The Hall–Kier alpha value is -0.570. The zero-order valence-electron chi connectivity index (χ0n) is 10.8. The van der Waals surface area contributed by atoms with Crippen LogP contribution >= 0.6 is 0 Å². The molecule has 0 saturated carbocycles. The summed E-state index contributed by atoms with van der Waals surface area (Å²) in [4.78, 5) is 14.0. The Bertz CT molecular complexity index is 247. The Balaban J connectivity index is 2.56. The second-order valence-electron chi connectivity index (χ2n) is 6.20. The number of likely N-dealkylation sites (tertiary alicyclic amines) is 1. The van der Waals surface area contributed by atoms with Crippen molar-refractivity contribution in [1.82, 2.24) is 4.90 Å². The van der Waals surface area contributed by atoms with Gasteiger partial charge >= 0.3 is 5.97 Å². The van der Waals surface area contributed by atoms with Crippen LogP contribution in [-0.4, -0.2) is 34.6 Å². The Kier molecular flexibility index (Phi) is 3.15. The number of ether oxygens (including phenoxy) is 1. The summed E-state index contributed by atoms with van der Waals surface area (Å²) in [6.45, 7) is 13.1. The minimum atomic E-state index is -0.379. The molecule has 0 aromatic heterocycles. The predicted molar refractivity (Wildman–Crippen MR) is 60.7 cm³/mol. The molecule has 1 rings (SSSR count). The van der Waals surface area contributed by atoms with Gasteiger partial charge in [-0.25, -0.2) is 0 Å². The third-order valence-electron chi connectivity index (χ3n) is 2.56. The maximum Gasteiger partial charge on any atom is 0.323 e. The molecule has 1 aliphatic heterocycles. The van der Waals surface area contributed by atoms with Crippen LogP contribution in [0.15, 0.2) is 0 Å². The fourth-order valence-corrected chi connectivity index (χ4v) is 1.81. The van der Waals surface area contributed by atoms with Crippen molar-refractivity contribution in [3.05, 3.63) is 0 Å². The maximum absolute atomic E-state index is 11.8. The van der Waals surface area contributed by atoms with Gasteiger partial charge in [-0.1, -0.05) is 0 Å². The summed E-state index contributed by atoms with van der Waals surface area (Å²) in [5.74, 6) is -0.0799. The van der Waals surface area contributed by atoms with E-state index >= 15 is 0 Å². The molecule has 0 spiro atoms. The van der Waals surface area contributed by atoms with Crippen molar-refractivity contribution < 1.29 is 9.53 Å². The summed E-state index contributed by atoms with van der Waals surface area (Å²) in [6, 6.07) is -0.0378. The molecule has 1 fully saturated rings. The third kappa shape index (κ3) is 3.20. The zero-order valence-corrected chi connectivity index (χ0v) is 10.8. The van der Waals surface area contributed by atoms with Crippen LogP contribution in [0.5, 0.6) is 0 Å². The molecule has 1 saturated heterocycles. The van der Waals surface area contributed by atoms with Crippen molar-refractivity contribution >= 4 is 5.97 Å². The van der Waals surface area contributed by atoms with Gasteiger partial charge in [0.2, 0.25) is 0 Å². The van der Waals surface area contributed by atoms with Gasteiger partial charge in [-0.2, -0.15) is 0 Å². The molecule has 0 bridgehead atoms. The van der Waals surface area contributed by atoms with Gasteiger partial charge in [-0.3, -0.25) is 9.69 Å². The van der Waals surface area contributed by atoms with Crippen molar-refractivity contribution in [2.45, 2.75) is 65.1 Å². The number of hydrogen-bond donors (Lipinski definition) is 0. The second-order valence-corrected chi connectivity index (χ2v) is 6.20. The molecule has 1 unspecified atom stereocenters. The maximum atomic E-state index is 11.8. The monoisotopic (exact) mass is 213 g/mol. The Labute approximate surface area is 92.8 Å².